The van der Waals surface area contributed by atoms with Gasteiger partial charge in [-0.25, -0.2) is 0 Å². The Balaban J connectivity index is 1.81. The van der Waals surface area contributed by atoms with E-state index in [0.717, 1.165) is 24.8 Å². The molecule has 20 heavy (non-hydrogen) atoms. The average Bonchev–Trinajstić information content (AvgIpc) is 3.18. The molecule has 0 radical (unpaired) electrons. The molecular weight excluding hydrogens is 260 g/mol. The maximum atomic E-state index is 11.8. The second-order valence-corrected chi connectivity index (χ2v) is 5.35. The van der Waals surface area contributed by atoms with Crippen molar-refractivity contribution >= 4 is 11.6 Å². The summed E-state index contributed by atoms with van der Waals surface area (Å²) in [6.07, 6.45) is 3.04. The van der Waals surface area contributed by atoms with E-state index in [1.807, 2.05) is 0 Å². The molecule has 1 aromatic carbocycles. The van der Waals surface area contributed by atoms with E-state index in [1.54, 1.807) is 12.1 Å². The van der Waals surface area contributed by atoms with Gasteiger partial charge in [0.2, 0.25) is 5.91 Å². The van der Waals surface area contributed by atoms with Crippen LogP contribution < -0.4 is 5.32 Å². The monoisotopic (exact) mass is 278 g/mol. The summed E-state index contributed by atoms with van der Waals surface area (Å²) in [5.41, 5.74) is 0.869. The van der Waals surface area contributed by atoms with E-state index in [1.165, 1.54) is 12.1 Å². The fraction of sp³-hybridized carbons (Fsp3) is 0.500. The molecule has 1 aliphatic carbocycles. The van der Waals surface area contributed by atoms with Crippen LogP contribution in [0.5, 0.6) is 0 Å². The molecule has 0 spiro atoms. The van der Waals surface area contributed by atoms with E-state index in [2.05, 4.69) is 5.32 Å². The molecule has 1 aromatic rings. The van der Waals surface area contributed by atoms with Crippen molar-refractivity contribution in [3.05, 3.63) is 39.9 Å². The summed E-state index contributed by atoms with van der Waals surface area (Å²) in [6, 6.07) is 5.99. The molecule has 2 rings (SSSR count). The lowest BCUT2D eigenvalue weighted by atomic mass is 10.0. The van der Waals surface area contributed by atoms with Crippen molar-refractivity contribution in [3.8, 4) is 0 Å². The number of rotatable bonds is 7. The number of carbonyl (C=O) groups is 1. The minimum Gasteiger partial charge on any atom is -0.396 e. The number of nitrogens with zero attached hydrogens (tertiary/aromatic N) is 1. The summed E-state index contributed by atoms with van der Waals surface area (Å²) in [5, 5.41) is 22.3. The van der Waals surface area contributed by atoms with E-state index in [0.29, 0.717) is 6.54 Å². The number of benzene rings is 1. The first kappa shape index (κ1) is 14.5. The minimum atomic E-state index is -0.463. The van der Waals surface area contributed by atoms with E-state index in [4.69, 9.17) is 5.11 Å². The van der Waals surface area contributed by atoms with Crippen LogP contribution in [0, 0.1) is 15.5 Å². The Kier molecular flexibility index (Phi) is 4.34. The van der Waals surface area contributed by atoms with Crippen molar-refractivity contribution in [2.24, 2.45) is 5.41 Å². The molecule has 1 saturated carbocycles. The molecule has 6 nitrogen and oxygen atoms in total. The van der Waals surface area contributed by atoms with Crippen molar-refractivity contribution in [3.63, 3.8) is 0 Å². The van der Waals surface area contributed by atoms with Crippen molar-refractivity contribution < 1.29 is 14.8 Å². The Hall–Kier alpha value is -1.95. The van der Waals surface area contributed by atoms with Crippen molar-refractivity contribution in [1.29, 1.82) is 0 Å². The first-order valence-corrected chi connectivity index (χ1v) is 6.66. The third-order valence-corrected chi connectivity index (χ3v) is 3.77. The average molecular weight is 278 g/mol. The van der Waals surface area contributed by atoms with E-state index >= 15 is 0 Å². The number of hydrogen-bond acceptors (Lipinski definition) is 4. The maximum Gasteiger partial charge on any atom is 0.269 e. The molecule has 1 amide bonds. The van der Waals surface area contributed by atoms with Gasteiger partial charge < -0.3 is 10.4 Å². The van der Waals surface area contributed by atoms with Crippen LogP contribution >= 0.6 is 0 Å². The summed E-state index contributed by atoms with van der Waals surface area (Å²) in [7, 11) is 0. The van der Waals surface area contributed by atoms with Gasteiger partial charge in [-0.1, -0.05) is 12.1 Å². The van der Waals surface area contributed by atoms with Crippen LogP contribution in [0.2, 0.25) is 0 Å². The number of nitro benzene ring substituents is 1. The number of nitrogens with one attached hydrogen (secondary N) is 1. The number of aliphatic hydroxyl groups excluding tert-OH is 1. The van der Waals surface area contributed by atoms with Gasteiger partial charge in [-0.05, 0) is 30.2 Å². The van der Waals surface area contributed by atoms with Crippen LogP contribution in [0.4, 0.5) is 5.69 Å². The third-order valence-electron chi connectivity index (χ3n) is 3.77. The molecule has 108 valence electrons. The van der Waals surface area contributed by atoms with Gasteiger partial charge in [0.1, 0.15) is 0 Å². The molecule has 0 heterocycles. The van der Waals surface area contributed by atoms with Gasteiger partial charge in [0.05, 0.1) is 11.3 Å². The highest BCUT2D eigenvalue weighted by Gasteiger charge is 2.41. The van der Waals surface area contributed by atoms with Gasteiger partial charge in [0.25, 0.3) is 5.69 Å². The van der Waals surface area contributed by atoms with Crippen LogP contribution in [-0.4, -0.2) is 29.1 Å². The van der Waals surface area contributed by atoms with E-state index < -0.39 is 4.92 Å². The minimum absolute atomic E-state index is 0.0223. The lowest BCUT2D eigenvalue weighted by Gasteiger charge is -2.14. The van der Waals surface area contributed by atoms with Crippen LogP contribution in [-0.2, 0) is 11.2 Å². The quantitative estimate of drug-likeness (QED) is 0.582. The number of non-ortho nitro benzene ring substituents is 1. The number of amides is 1. The first-order valence-electron chi connectivity index (χ1n) is 6.66. The molecule has 0 saturated heterocycles. The largest absolute Gasteiger partial charge is 0.396 e. The summed E-state index contributed by atoms with van der Waals surface area (Å²) in [4.78, 5) is 21.9. The Bertz CT molecular complexity index is 494. The third kappa shape index (κ3) is 3.77. The Morgan fingerprint density at radius 1 is 1.35 bits per heavy atom. The van der Waals surface area contributed by atoms with Gasteiger partial charge in [-0.3, -0.25) is 14.9 Å². The predicted octanol–water partition coefficient (Wildman–Crippen LogP) is 1.42. The second kappa shape index (κ2) is 6.00. The standard InChI is InChI=1S/C14H18N2O4/c17-8-7-14(5-6-14)10-15-13(18)9-11-1-3-12(4-2-11)16(19)20/h1-4,17H,5-10H2,(H,15,18). The smallest absolute Gasteiger partial charge is 0.269 e. The molecule has 1 fully saturated rings. The highest BCUT2D eigenvalue weighted by molar-refractivity contribution is 5.78. The highest BCUT2D eigenvalue weighted by Crippen LogP contribution is 2.47. The lowest BCUT2D eigenvalue weighted by Crippen LogP contribution is -2.31. The van der Waals surface area contributed by atoms with E-state index in [-0.39, 0.29) is 30.0 Å². The van der Waals surface area contributed by atoms with Crippen molar-refractivity contribution in [2.45, 2.75) is 25.7 Å². The fourth-order valence-electron chi connectivity index (χ4n) is 2.20. The lowest BCUT2D eigenvalue weighted by molar-refractivity contribution is -0.384. The predicted molar refractivity (Wildman–Crippen MR) is 73.2 cm³/mol. The maximum absolute atomic E-state index is 11.8. The van der Waals surface area contributed by atoms with Crippen LogP contribution in [0.15, 0.2) is 24.3 Å². The molecule has 0 atom stereocenters. The Morgan fingerprint density at radius 3 is 2.50 bits per heavy atom. The highest BCUT2D eigenvalue weighted by atomic mass is 16.6. The van der Waals surface area contributed by atoms with Gasteiger partial charge in [0, 0.05) is 25.3 Å². The number of carbonyl (C=O) groups excluding carboxylic acids is 1. The number of nitro groups is 1. The Labute approximate surface area is 117 Å². The zero-order valence-corrected chi connectivity index (χ0v) is 11.2. The van der Waals surface area contributed by atoms with Gasteiger partial charge >= 0.3 is 0 Å². The molecule has 0 aliphatic heterocycles. The second-order valence-electron chi connectivity index (χ2n) is 5.35. The molecule has 0 aromatic heterocycles. The van der Waals surface area contributed by atoms with Crippen molar-refractivity contribution in [2.75, 3.05) is 13.2 Å². The van der Waals surface area contributed by atoms with Crippen LogP contribution in [0.1, 0.15) is 24.8 Å². The SMILES string of the molecule is O=C(Cc1ccc([N+](=O)[O-])cc1)NCC1(CCO)CC1. The van der Waals surface area contributed by atoms with Crippen molar-refractivity contribution in [1.82, 2.24) is 5.32 Å². The van der Waals surface area contributed by atoms with Gasteiger partial charge in [-0.15, -0.1) is 0 Å². The molecule has 0 unspecified atom stereocenters. The zero-order valence-electron chi connectivity index (χ0n) is 11.2. The normalized spacial score (nSPS) is 15.7. The molecule has 1 aliphatic rings. The summed E-state index contributed by atoms with van der Waals surface area (Å²) in [5.74, 6) is -0.0944. The fourth-order valence-corrected chi connectivity index (χ4v) is 2.20. The first-order chi connectivity index (χ1) is 9.54. The summed E-state index contributed by atoms with van der Waals surface area (Å²) < 4.78 is 0. The number of hydrogen-bond donors (Lipinski definition) is 2. The van der Waals surface area contributed by atoms with Crippen LogP contribution in [0.25, 0.3) is 0 Å². The molecule has 0 bridgehead atoms. The van der Waals surface area contributed by atoms with Gasteiger partial charge in [-0.2, -0.15) is 0 Å². The Morgan fingerprint density at radius 2 is 2.00 bits per heavy atom. The summed E-state index contributed by atoms with van der Waals surface area (Å²) >= 11 is 0. The molecular formula is C14H18N2O4. The summed E-state index contributed by atoms with van der Waals surface area (Å²) in [6.45, 7) is 0.748. The van der Waals surface area contributed by atoms with Crippen LogP contribution in [0.3, 0.4) is 0 Å². The molecule has 2 N–H and O–H groups in total. The molecule has 6 heteroatoms. The topological polar surface area (TPSA) is 92.5 Å². The number of aliphatic hydroxyl groups is 1. The van der Waals surface area contributed by atoms with Gasteiger partial charge in [0.15, 0.2) is 0 Å². The zero-order chi connectivity index (χ0) is 14.6. The van der Waals surface area contributed by atoms with E-state index in [9.17, 15) is 14.9 Å².